The summed E-state index contributed by atoms with van der Waals surface area (Å²) in [5, 5.41) is 4.10. The van der Waals surface area contributed by atoms with Gasteiger partial charge in [-0.1, -0.05) is 0 Å². The molecule has 112 valence electrons. The number of esters is 1. The summed E-state index contributed by atoms with van der Waals surface area (Å²) in [6, 6.07) is 0. The van der Waals surface area contributed by atoms with Crippen LogP contribution in [0.4, 0.5) is 0 Å². The second kappa shape index (κ2) is 7.40. The summed E-state index contributed by atoms with van der Waals surface area (Å²) in [5.41, 5.74) is 1.25. The number of aromatic nitrogens is 2. The first-order valence-electron chi connectivity index (χ1n) is 7.05. The molecular formula is C14H22N2O4. The third kappa shape index (κ3) is 3.80. The molecule has 0 aliphatic carbocycles. The van der Waals surface area contributed by atoms with E-state index in [-0.39, 0.29) is 5.97 Å². The van der Waals surface area contributed by atoms with Crippen LogP contribution in [0, 0.1) is 5.92 Å². The maximum Gasteiger partial charge on any atom is 0.341 e. The molecule has 0 saturated carbocycles. The van der Waals surface area contributed by atoms with E-state index in [1.165, 1.54) is 6.20 Å². The lowest BCUT2D eigenvalue weighted by atomic mass is 10.0. The molecule has 0 spiro atoms. The van der Waals surface area contributed by atoms with Crippen LogP contribution in [0.1, 0.15) is 35.8 Å². The Kier molecular flexibility index (Phi) is 5.55. The van der Waals surface area contributed by atoms with Crippen LogP contribution in [0.2, 0.25) is 0 Å². The molecule has 1 aliphatic rings. The van der Waals surface area contributed by atoms with E-state index < -0.39 is 0 Å². The summed E-state index contributed by atoms with van der Waals surface area (Å²) in [6.45, 7) is 4.84. The van der Waals surface area contributed by atoms with Gasteiger partial charge in [-0.25, -0.2) is 4.79 Å². The lowest BCUT2D eigenvalue weighted by Crippen LogP contribution is -2.20. The van der Waals surface area contributed by atoms with Crippen LogP contribution in [0.15, 0.2) is 6.20 Å². The van der Waals surface area contributed by atoms with Crippen molar-refractivity contribution in [3.63, 3.8) is 0 Å². The second-order valence-electron chi connectivity index (χ2n) is 4.92. The number of hydrogen-bond donors (Lipinski definition) is 0. The van der Waals surface area contributed by atoms with E-state index in [1.54, 1.807) is 18.7 Å². The summed E-state index contributed by atoms with van der Waals surface area (Å²) in [6.07, 6.45) is 3.61. The molecular weight excluding hydrogens is 260 g/mol. The van der Waals surface area contributed by atoms with Gasteiger partial charge in [0.05, 0.1) is 31.7 Å². The van der Waals surface area contributed by atoms with Crippen molar-refractivity contribution in [2.24, 2.45) is 13.0 Å². The zero-order chi connectivity index (χ0) is 14.4. The van der Waals surface area contributed by atoms with E-state index in [1.807, 2.05) is 0 Å². The highest BCUT2D eigenvalue weighted by Gasteiger charge is 2.18. The van der Waals surface area contributed by atoms with Gasteiger partial charge in [-0.3, -0.25) is 4.68 Å². The van der Waals surface area contributed by atoms with Crippen molar-refractivity contribution in [2.75, 3.05) is 26.4 Å². The van der Waals surface area contributed by atoms with Crippen molar-refractivity contribution in [1.82, 2.24) is 9.78 Å². The Morgan fingerprint density at radius 2 is 2.25 bits per heavy atom. The van der Waals surface area contributed by atoms with E-state index >= 15 is 0 Å². The average molecular weight is 282 g/mol. The van der Waals surface area contributed by atoms with Gasteiger partial charge in [-0.05, 0) is 25.7 Å². The Labute approximate surface area is 119 Å². The smallest absolute Gasteiger partial charge is 0.341 e. The van der Waals surface area contributed by atoms with E-state index in [2.05, 4.69) is 5.10 Å². The van der Waals surface area contributed by atoms with Crippen molar-refractivity contribution in [1.29, 1.82) is 0 Å². The number of aryl methyl sites for hydroxylation is 1. The van der Waals surface area contributed by atoms with Crippen LogP contribution in [0.5, 0.6) is 0 Å². The molecule has 6 heteroatoms. The maximum atomic E-state index is 11.8. The second-order valence-corrected chi connectivity index (χ2v) is 4.92. The van der Waals surface area contributed by atoms with Crippen LogP contribution in [-0.2, 0) is 27.9 Å². The normalized spacial score (nSPS) is 16.3. The minimum Gasteiger partial charge on any atom is -0.462 e. The van der Waals surface area contributed by atoms with Crippen LogP contribution < -0.4 is 0 Å². The van der Waals surface area contributed by atoms with E-state index in [9.17, 15) is 4.79 Å². The van der Waals surface area contributed by atoms with Gasteiger partial charge < -0.3 is 14.2 Å². The number of nitrogens with zero attached hydrogens (tertiary/aromatic N) is 2. The zero-order valence-electron chi connectivity index (χ0n) is 12.1. The molecule has 0 unspecified atom stereocenters. The number of rotatable bonds is 6. The van der Waals surface area contributed by atoms with Gasteiger partial charge in [0.2, 0.25) is 0 Å². The molecule has 0 bridgehead atoms. The van der Waals surface area contributed by atoms with Gasteiger partial charge in [0.1, 0.15) is 5.56 Å². The highest BCUT2D eigenvalue weighted by atomic mass is 16.5. The largest absolute Gasteiger partial charge is 0.462 e. The predicted molar refractivity (Wildman–Crippen MR) is 72.4 cm³/mol. The highest BCUT2D eigenvalue weighted by molar-refractivity contribution is 5.90. The van der Waals surface area contributed by atoms with Crippen molar-refractivity contribution in [3.8, 4) is 0 Å². The predicted octanol–water partition coefficient (Wildman–Crippen LogP) is 1.54. The van der Waals surface area contributed by atoms with Crippen LogP contribution in [-0.4, -0.2) is 42.2 Å². The summed E-state index contributed by atoms with van der Waals surface area (Å²) in [7, 11) is 1.80. The summed E-state index contributed by atoms with van der Waals surface area (Å²) >= 11 is 0. The first kappa shape index (κ1) is 15.0. The molecule has 0 aromatic carbocycles. The fraction of sp³-hybridized carbons (Fsp3) is 0.714. The third-order valence-corrected chi connectivity index (χ3v) is 3.49. The van der Waals surface area contributed by atoms with E-state index in [4.69, 9.17) is 14.2 Å². The first-order chi connectivity index (χ1) is 9.72. The van der Waals surface area contributed by atoms with Gasteiger partial charge in [0.15, 0.2) is 0 Å². The molecule has 1 aliphatic heterocycles. The topological polar surface area (TPSA) is 62.6 Å². The summed E-state index contributed by atoms with van der Waals surface area (Å²) in [4.78, 5) is 11.8. The lowest BCUT2D eigenvalue weighted by molar-refractivity contribution is 0.0139. The fourth-order valence-electron chi connectivity index (χ4n) is 2.25. The number of hydrogen-bond acceptors (Lipinski definition) is 5. The maximum absolute atomic E-state index is 11.8. The Morgan fingerprint density at radius 1 is 1.50 bits per heavy atom. The number of ether oxygens (including phenoxy) is 3. The Hall–Kier alpha value is -1.40. The summed E-state index contributed by atoms with van der Waals surface area (Å²) in [5.74, 6) is 0.202. The first-order valence-corrected chi connectivity index (χ1v) is 7.05. The standard InChI is InChI=1S/C14H22N2O4/c1-3-20-14(17)12-8-15-16(2)13(12)10-19-9-11-4-6-18-7-5-11/h8,11H,3-7,9-10H2,1-2H3. The molecule has 1 aromatic rings. The number of carbonyl (C=O) groups excluding carboxylic acids is 1. The van der Waals surface area contributed by atoms with Gasteiger partial charge in [0.25, 0.3) is 0 Å². The van der Waals surface area contributed by atoms with Crippen LogP contribution in [0.3, 0.4) is 0 Å². The molecule has 0 N–H and O–H groups in total. The fourth-order valence-corrected chi connectivity index (χ4v) is 2.25. The summed E-state index contributed by atoms with van der Waals surface area (Å²) < 4.78 is 17.7. The van der Waals surface area contributed by atoms with Crippen molar-refractivity contribution in [2.45, 2.75) is 26.4 Å². The molecule has 2 heterocycles. The van der Waals surface area contributed by atoms with Crippen molar-refractivity contribution in [3.05, 3.63) is 17.5 Å². The minimum atomic E-state index is -0.342. The van der Waals surface area contributed by atoms with Crippen LogP contribution in [0.25, 0.3) is 0 Å². The van der Waals surface area contributed by atoms with Gasteiger partial charge in [-0.2, -0.15) is 5.10 Å². The molecule has 0 atom stereocenters. The van der Waals surface area contributed by atoms with Gasteiger partial charge in [0, 0.05) is 20.3 Å². The molecule has 2 rings (SSSR count). The quantitative estimate of drug-likeness (QED) is 0.741. The molecule has 6 nitrogen and oxygen atoms in total. The molecule has 0 radical (unpaired) electrons. The Bertz CT molecular complexity index is 438. The monoisotopic (exact) mass is 282 g/mol. The molecule has 1 aromatic heterocycles. The Balaban J connectivity index is 1.88. The highest BCUT2D eigenvalue weighted by Crippen LogP contribution is 2.16. The SMILES string of the molecule is CCOC(=O)c1cnn(C)c1COCC1CCOCC1. The van der Waals surface area contributed by atoms with Gasteiger partial charge in [-0.15, -0.1) is 0 Å². The molecule has 1 fully saturated rings. The molecule has 1 saturated heterocycles. The minimum absolute atomic E-state index is 0.342. The van der Waals surface area contributed by atoms with Crippen molar-refractivity contribution >= 4 is 5.97 Å². The molecule has 20 heavy (non-hydrogen) atoms. The number of carbonyl (C=O) groups is 1. The van der Waals surface area contributed by atoms with Crippen molar-refractivity contribution < 1.29 is 19.0 Å². The zero-order valence-corrected chi connectivity index (χ0v) is 12.1. The average Bonchev–Trinajstić information content (AvgIpc) is 2.82. The lowest BCUT2D eigenvalue weighted by Gasteiger charge is -2.21. The van der Waals surface area contributed by atoms with E-state index in [0.29, 0.717) is 31.3 Å². The van der Waals surface area contributed by atoms with Crippen LogP contribution >= 0.6 is 0 Å². The Morgan fingerprint density at radius 3 is 2.95 bits per heavy atom. The third-order valence-electron chi connectivity index (χ3n) is 3.49. The van der Waals surface area contributed by atoms with Gasteiger partial charge >= 0.3 is 5.97 Å². The van der Waals surface area contributed by atoms with E-state index in [0.717, 1.165) is 31.7 Å². The molecule has 0 amide bonds.